The maximum absolute atomic E-state index is 12.5. The standard InChI is InChI=1S/C14H14F3NO2/c1-3-9-18-12(13(19)20-4-2)10-5-7-11(8-6-10)14(15,16)17/h1,5-8,12,18H,4,9H2,2H3. The Morgan fingerprint density at radius 3 is 2.45 bits per heavy atom. The van der Waals surface area contributed by atoms with Crippen LogP contribution in [0.3, 0.4) is 0 Å². The number of hydrogen-bond donors (Lipinski definition) is 1. The fraction of sp³-hybridized carbons (Fsp3) is 0.357. The average molecular weight is 285 g/mol. The molecule has 0 amide bonds. The van der Waals surface area contributed by atoms with Crippen LogP contribution in [-0.2, 0) is 15.7 Å². The highest BCUT2D eigenvalue weighted by Crippen LogP contribution is 2.30. The van der Waals surface area contributed by atoms with Gasteiger partial charge in [-0.2, -0.15) is 13.2 Å². The summed E-state index contributed by atoms with van der Waals surface area (Å²) in [5.41, 5.74) is -0.410. The Hall–Kier alpha value is -2.00. The first-order valence-corrected chi connectivity index (χ1v) is 5.90. The van der Waals surface area contributed by atoms with Crippen LogP contribution in [0.2, 0.25) is 0 Å². The van der Waals surface area contributed by atoms with Gasteiger partial charge < -0.3 is 4.74 Å². The van der Waals surface area contributed by atoms with E-state index in [0.717, 1.165) is 12.1 Å². The SMILES string of the molecule is C#CCNC(C(=O)OCC)c1ccc(C(F)(F)F)cc1. The molecular weight excluding hydrogens is 271 g/mol. The van der Waals surface area contributed by atoms with Crippen molar-refractivity contribution in [2.45, 2.75) is 19.1 Å². The fourth-order valence-corrected chi connectivity index (χ4v) is 1.59. The lowest BCUT2D eigenvalue weighted by Gasteiger charge is -2.17. The van der Waals surface area contributed by atoms with Crippen molar-refractivity contribution in [1.82, 2.24) is 5.32 Å². The third-order valence-electron chi connectivity index (χ3n) is 2.50. The molecule has 3 nitrogen and oxygen atoms in total. The molecule has 6 heteroatoms. The first kappa shape index (κ1) is 16.1. The molecule has 0 saturated heterocycles. The van der Waals surface area contributed by atoms with E-state index in [4.69, 9.17) is 11.2 Å². The summed E-state index contributed by atoms with van der Waals surface area (Å²) in [5.74, 6) is 1.72. The van der Waals surface area contributed by atoms with Gasteiger partial charge in [-0.25, -0.2) is 4.79 Å². The molecule has 0 saturated carbocycles. The molecule has 1 atom stereocenters. The number of ether oxygens (including phenoxy) is 1. The summed E-state index contributed by atoms with van der Waals surface area (Å²) < 4.78 is 42.3. The van der Waals surface area contributed by atoms with Crippen LogP contribution in [0.25, 0.3) is 0 Å². The largest absolute Gasteiger partial charge is 0.465 e. The molecule has 108 valence electrons. The van der Waals surface area contributed by atoms with Gasteiger partial charge in [-0.15, -0.1) is 6.42 Å². The highest BCUT2D eigenvalue weighted by atomic mass is 19.4. The van der Waals surface area contributed by atoms with Gasteiger partial charge in [0.25, 0.3) is 0 Å². The summed E-state index contributed by atoms with van der Waals surface area (Å²) in [7, 11) is 0. The zero-order chi connectivity index (χ0) is 15.2. The van der Waals surface area contributed by atoms with Gasteiger partial charge in [0.15, 0.2) is 0 Å². The van der Waals surface area contributed by atoms with Gasteiger partial charge in [-0.05, 0) is 24.6 Å². The molecule has 20 heavy (non-hydrogen) atoms. The molecule has 0 radical (unpaired) electrons. The Kier molecular flexibility index (Phi) is 5.59. The van der Waals surface area contributed by atoms with Crippen molar-refractivity contribution in [3.63, 3.8) is 0 Å². The molecule has 1 rings (SSSR count). The number of carbonyl (C=O) groups is 1. The van der Waals surface area contributed by atoms with E-state index in [1.54, 1.807) is 6.92 Å². The van der Waals surface area contributed by atoms with Crippen LogP contribution in [0.4, 0.5) is 13.2 Å². The van der Waals surface area contributed by atoms with Crippen molar-refractivity contribution in [3.8, 4) is 12.3 Å². The predicted octanol–water partition coefficient (Wildman–Crippen LogP) is 2.53. The van der Waals surface area contributed by atoms with E-state index in [1.807, 2.05) is 0 Å². The smallest absolute Gasteiger partial charge is 0.416 e. The molecule has 0 aliphatic carbocycles. The van der Waals surface area contributed by atoms with E-state index >= 15 is 0 Å². The summed E-state index contributed by atoms with van der Waals surface area (Å²) in [6, 6.07) is 3.41. The van der Waals surface area contributed by atoms with Crippen molar-refractivity contribution in [1.29, 1.82) is 0 Å². The number of terminal acetylenes is 1. The number of benzene rings is 1. The van der Waals surface area contributed by atoms with Crippen molar-refractivity contribution >= 4 is 5.97 Å². The molecule has 1 aromatic rings. The zero-order valence-electron chi connectivity index (χ0n) is 10.8. The minimum Gasteiger partial charge on any atom is -0.465 e. The Balaban J connectivity index is 2.96. The van der Waals surface area contributed by atoms with Gasteiger partial charge in [-0.1, -0.05) is 18.1 Å². The van der Waals surface area contributed by atoms with Gasteiger partial charge in [0.05, 0.1) is 18.7 Å². The second kappa shape index (κ2) is 6.96. The van der Waals surface area contributed by atoms with Gasteiger partial charge in [0.2, 0.25) is 0 Å². The third-order valence-corrected chi connectivity index (χ3v) is 2.50. The lowest BCUT2D eigenvalue weighted by Crippen LogP contribution is -2.30. The van der Waals surface area contributed by atoms with Crippen LogP contribution in [0.15, 0.2) is 24.3 Å². The van der Waals surface area contributed by atoms with E-state index in [1.165, 1.54) is 12.1 Å². The van der Waals surface area contributed by atoms with Crippen LogP contribution in [-0.4, -0.2) is 19.1 Å². The van der Waals surface area contributed by atoms with E-state index in [2.05, 4.69) is 11.2 Å². The van der Waals surface area contributed by atoms with E-state index in [0.29, 0.717) is 5.56 Å². The second-order valence-corrected chi connectivity index (χ2v) is 3.89. The van der Waals surface area contributed by atoms with Gasteiger partial charge in [0.1, 0.15) is 6.04 Å². The maximum atomic E-state index is 12.5. The van der Waals surface area contributed by atoms with E-state index in [9.17, 15) is 18.0 Å². The van der Waals surface area contributed by atoms with Crippen LogP contribution in [0.1, 0.15) is 24.1 Å². The maximum Gasteiger partial charge on any atom is 0.416 e. The van der Waals surface area contributed by atoms with E-state index < -0.39 is 23.8 Å². The number of halogens is 3. The highest BCUT2D eigenvalue weighted by molar-refractivity contribution is 5.77. The highest BCUT2D eigenvalue weighted by Gasteiger charge is 2.30. The molecule has 0 aromatic heterocycles. The minimum absolute atomic E-state index is 0.102. The predicted molar refractivity (Wildman–Crippen MR) is 67.7 cm³/mol. The fourth-order valence-electron chi connectivity index (χ4n) is 1.59. The Morgan fingerprint density at radius 1 is 1.40 bits per heavy atom. The normalized spacial score (nSPS) is 12.6. The summed E-state index contributed by atoms with van der Waals surface area (Å²) in [6.07, 6.45) is 0.684. The second-order valence-electron chi connectivity index (χ2n) is 3.89. The van der Waals surface area contributed by atoms with Crippen LogP contribution in [0, 0.1) is 12.3 Å². The number of hydrogen-bond acceptors (Lipinski definition) is 3. The molecule has 0 bridgehead atoms. The number of esters is 1. The lowest BCUT2D eigenvalue weighted by atomic mass is 10.0. The van der Waals surface area contributed by atoms with E-state index in [-0.39, 0.29) is 13.2 Å². The monoisotopic (exact) mass is 285 g/mol. The summed E-state index contributed by atoms with van der Waals surface area (Å²) in [4.78, 5) is 11.8. The summed E-state index contributed by atoms with van der Waals surface area (Å²) >= 11 is 0. The van der Waals surface area contributed by atoms with Crippen molar-refractivity contribution < 1.29 is 22.7 Å². The molecule has 0 spiro atoms. The first-order chi connectivity index (χ1) is 9.40. The van der Waals surface area contributed by atoms with Crippen LogP contribution in [0.5, 0.6) is 0 Å². The molecule has 1 unspecified atom stereocenters. The number of alkyl halides is 3. The Labute approximate surface area is 115 Å². The average Bonchev–Trinajstić information content (AvgIpc) is 2.39. The van der Waals surface area contributed by atoms with Crippen molar-refractivity contribution in [2.75, 3.05) is 13.2 Å². The van der Waals surface area contributed by atoms with Gasteiger partial charge in [-0.3, -0.25) is 5.32 Å². The third kappa shape index (κ3) is 4.28. The number of carbonyl (C=O) groups excluding carboxylic acids is 1. The molecular formula is C14H14F3NO2. The molecule has 1 N–H and O–H groups in total. The zero-order valence-corrected chi connectivity index (χ0v) is 10.8. The number of rotatable bonds is 5. The summed E-state index contributed by atoms with van der Waals surface area (Å²) in [6.45, 7) is 1.92. The lowest BCUT2D eigenvalue weighted by molar-refractivity contribution is -0.145. The summed E-state index contributed by atoms with van der Waals surface area (Å²) in [5, 5.41) is 2.74. The van der Waals surface area contributed by atoms with Crippen LogP contribution >= 0.6 is 0 Å². The molecule has 0 aliphatic heterocycles. The van der Waals surface area contributed by atoms with Crippen molar-refractivity contribution in [2.24, 2.45) is 0 Å². The van der Waals surface area contributed by atoms with Gasteiger partial charge in [0, 0.05) is 0 Å². The molecule has 0 fully saturated rings. The van der Waals surface area contributed by atoms with Crippen molar-refractivity contribution in [3.05, 3.63) is 35.4 Å². The topological polar surface area (TPSA) is 38.3 Å². The van der Waals surface area contributed by atoms with Crippen LogP contribution < -0.4 is 5.32 Å². The minimum atomic E-state index is -4.41. The molecule has 1 aromatic carbocycles. The molecule has 0 heterocycles. The quantitative estimate of drug-likeness (QED) is 0.667. The van der Waals surface area contributed by atoms with Gasteiger partial charge >= 0.3 is 12.1 Å². The number of nitrogens with one attached hydrogen (secondary N) is 1. The first-order valence-electron chi connectivity index (χ1n) is 5.90. The molecule has 0 aliphatic rings. The Morgan fingerprint density at radius 2 is 2.00 bits per heavy atom. The Bertz CT molecular complexity index is 489.